The molecule has 5 nitrogen and oxygen atoms in total. The summed E-state index contributed by atoms with van der Waals surface area (Å²) >= 11 is 0. The van der Waals surface area contributed by atoms with E-state index in [0.29, 0.717) is 19.0 Å². The molecule has 2 fully saturated rings. The van der Waals surface area contributed by atoms with Crippen LogP contribution in [0, 0.1) is 0 Å². The van der Waals surface area contributed by atoms with Gasteiger partial charge in [0.2, 0.25) is 5.91 Å². The number of carbonyl (C=O) groups is 1. The molecule has 1 heterocycles. The lowest BCUT2D eigenvalue weighted by molar-refractivity contribution is -0.124. The van der Waals surface area contributed by atoms with E-state index in [9.17, 15) is 4.79 Å². The van der Waals surface area contributed by atoms with Gasteiger partial charge in [-0.25, -0.2) is 0 Å². The zero-order valence-electron chi connectivity index (χ0n) is 11.4. The Hall–Kier alpha value is -0.650. The van der Waals surface area contributed by atoms with Gasteiger partial charge in [-0.05, 0) is 26.7 Å². The van der Waals surface area contributed by atoms with Crippen LogP contribution in [-0.2, 0) is 9.53 Å². The lowest BCUT2D eigenvalue weighted by Crippen LogP contribution is -2.53. The smallest absolute Gasteiger partial charge is 0.221 e. The van der Waals surface area contributed by atoms with Crippen molar-refractivity contribution in [1.82, 2.24) is 10.2 Å². The van der Waals surface area contributed by atoms with Crippen LogP contribution in [0.15, 0.2) is 0 Å². The largest absolute Gasteiger partial charge is 0.373 e. The Morgan fingerprint density at radius 3 is 2.50 bits per heavy atom. The van der Waals surface area contributed by atoms with Crippen molar-refractivity contribution in [3.8, 4) is 0 Å². The van der Waals surface area contributed by atoms with Crippen LogP contribution in [0.1, 0.15) is 33.1 Å². The number of amides is 1. The molecule has 1 amide bonds. The minimum Gasteiger partial charge on any atom is -0.373 e. The molecule has 104 valence electrons. The fourth-order valence-corrected chi connectivity index (χ4v) is 2.61. The van der Waals surface area contributed by atoms with Gasteiger partial charge < -0.3 is 15.8 Å². The van der Waals surface area contributed by atoms with Crippen molar-refractivity contribution in [1.29, 1.82) is 0 Å². The zero-order chi connectivity index (χ0) is 13.1. The molecule has 5 heteroatoms. The maximum Gasteiger partial charge on any atom is 0.221 e. The molecule has 3 unspecified atom stereocenters. The van der Waals surface area contributed by atoms with Crippen molar-refractivity contribution in [2.24, 2.45) is 5.73 Å². The standard InChI is InChI=1S/C13H25N3O2/c1-9-7-16(8-10(2)18-9)12(6-14)5-13(17)15-11-3-4-11/h9-12H,3-8,14H2,1-2H3,(H,15,17). The molecule has 1 saturated heterocycles. The van der Waals surface area contributed by atoms with Crippen molar-refractivity contribution in [3.05, 3.63) is 0 Å². The molecule has 1 aliphatic heterocycles. The Balaban J connectivity index is 1.84. The predicted molar refractivity (Wildman–Crippen MR) is 70.2 cm³/mol. The van der Waals surface area contributed by atoms with Crippen molar-refractivity contribution < 1.29 is 9.53 Å². The van der Waals surface area contributed by atoms with Crippen LogP contribution in [0.5, 0.6) is 0 Å². The van der Waals surface area contributed by atoms with E-state index in [1.54, 1.807) is 0 Å². The highest BCUT2D eigenvalue weighted by molar-refractivity contribution is 5.77. The summed E-state index contributed by atoms with van der Waals surface area (Å²) in [5.74, 6) is 0.139. The zero-order valence-corrected chi connectivity index (χ0v) is 11.4. The Labute approximate surface area is 109 Å². The van der Waals surface area contributed by atoms with Crippen molar-refractivity contribution >= 4 is 5.91 Å². The molecule has 0 aromatic rings. The first-order valence-electron chi connectivity index (χ1n) is 6.97. The quantitative estimate of drug-likeness (QED) is 0.731. The molecule has 2 aliphatic rings. The lowest BCUT2D eigenvalue weighted by atomic mass is 10.1. The third kappa shape index (κ3) is 3.93. The number of carbonyl (C=O) groups excluding carboxylic acids is 1. The number of hydrogen-bond acceptors (Lipinski definition) is 4. The van der Waals surface area contributed by atoms with E-state index in [1.807, 2.05) is 0 Å². The summed E-state index contributed by atoms with van der Waals surface area (Å²) < 4.78 is 5.71. The minimum absolute atomic E-state index is 0.137. The average Bonchev–Trinajstić information content (AvgIpc) is 3.08. The maximum absolute atomic E-state index is 11.8. The van der Waals surface area contributed by atoms with Gasteiger partial charge in [0.05, 0.1) is 12.2 Å². The van der Waals surface area contributed by atoms with Crippen LogP contribution in [-0.4, -0.2) is 54.7 Å². The van der Waals surface area contributed by atoms with Crippen LogP contribution in [0.4, 0.5) is 0 Å². The Morgan fingerprint density at radius 1 is 1.39 bits per heavy atom. The maximum atomic E-state index is 11.8. The number of hydrogen-bond donors (Lipinski definition) is 2. The molecule has 0 spiro atoms. The van der Waals surface area contributed by atoms with Crippen LogP contribution in [0.25, 0.3) is 0 Å². The fraction of sp³-hybridized carbons (Fsp3) is 0.923. The Bertz CT molecular complexity index is 284. The first-order chi connectivity index (χ1) is 8.58. The molecule has 0 aromatic carbocycles. The summed E-state index contributed by atoms with van der Waals surface area (Å²) in [6.07, 6.45) is 3.20. The number of nitrogens with two attached hydrogens (primary N) is 1. The second-order valence-electron chi connectivity index (χ2n) is 5.65. The number of rotatable bonds is 5. The third-order valence-corrected chi connectivity index (χ3v) is 3.60. The highest BCUT2D eigenvalue weighted by Gasteiger charge is 2.30. The van der Waals surface area contributed by atoms with E-state index in [-0.39, 0.29) is 24.2 Å². The third-order valence-electron chi connectivity index (χ3n) is 3.60. The van der Waals surface area contributed by atoms with Gasteiger partial charge >= 0.3 is 0 Å². The van der Waals surface area contributed by atoms with E-state index in [2.05, 4.69) is 24.1 Å². The SMILES string of the molecule is CC1CN(C(CN)CC(=O)NC2CC2)CC(C)O1. The number of nitrogens with zero attached hydrogens (tertiary/aromatic N) is 1. The van der Waals surface area contributed by atoms with Gasteiger partial charge in [-0.15, -0.1) is 0 Å². The molecule has 0 bridgehead atoms. The molecular formula is C13H25N3O2. The Kier molecular flexibility index (Phi) is 4.59. The van der Waals surface area contributed by atoms with E-state index in [4.69, 9.17) is 10.5 Å². The molecule has 2 rings (SSSR count). The molecule has 3 N–H and O–H groups in total. The monoisotopic (exact) mass is 255 g/mol. The summed E-state index contributed by atoms with van der Waals surface area (Å²) in [6.45, 7) is 6.39. The van der Waals surface area contributed by atoms with Crippen LogP contribution < -0.4 is 11.1 Å². The fourth-order valence-electron chi connectivity index (χ4n) is 2.61. The summed E-state index contributed by atoms with van der Waals surface area (Å²) in [5, 5.41) is 3.03. The molecule has 0 radical (unpaired) electrons. The summed E-state index contributed by atoms with van der Waals surface area (Å²) in [6, 6.07) is 0.566. The second-order valence-corrected chi connectivity index (χ2v) is 5.65. The average molecular weight is 255 g/mol. The van der Waals surface area contributed by atoms with Gasteiger partial charge in [-0.2, -0.15) is 0 Å². The molecule has 3 atom stereocenters. The molecule has 18 heavy (non-hydrogen) atoms. The van der Waals surface area contributed by atoms with Crippen LogP contribution >= 0.6 is 0 Å². The minimum atomic E-state index is 0.137. The summed E-state index contributed by atoms with van der Waals surface area (Å²) in [7, 11) is 0. The van der Waals surface area contributed by atoms with Gasteiger partial charge in [0.1, 0.15) is 0 Å². The first-order valence-corrected chi connectivity index (χ1v) is 6.97. The van der Waals surface area contributed by atoms with Gasteiger partial charge in [0.25, 0.3) is 0 Å². The van der Waals surface area contributed by atoms with Crippen LogP contribution in [0.2, 0.25) is 0 Å². The first kappa shape index (κ1) is 13.8. The predicted octanol–water partition coefficient (Wildman–Crippen LogP) is 0.0916. The van der Waals surface area contributed by atoms with Gasteiger partial charge in [-0.3, -0.25) is 9.69 Å². The molecular weight excluding hydrogens is 230 g/mol. The number of ether oxygens (including phenoxy) is 1. The topological polar surface area (TPSA) is 67.6 Å². The van der Waals surface area contributed by atoms with Gasteiger partial charge in [-0.1, -0.05) is 0 Å². The number of nitrogens with one attached hydrogen (secondary N) is 1. The van der Waals surface area contributed by atoms with E-state index in [0.717, 1.165) is 25.9 Å². The Morgan fingerprint density at radius 2 is 2.00 bits per heavy atom. The van der Waals surface area contributed by atoms with E-state index in [1.165, 1.54) is 0 Å². The number of morpholine rings is 1. The van der Waals surface area contributed by atoms with Crippen molar-refractivity contribution in [3.63, 3.8) is 0 Å². The molecule has 1 saturated carbocycles. The normalized spacial score (nSPS) is 31.1. The highest BCUT2D eigenvalue weighted by atomic mass is 16.5. The van der Waals surface area contributed by atoms with Gasteiger partial charge in [0, 0.05) is 38.1 Å². The van der Waals surface area contributed by atoms with E-state index >= 15 is 0 Å². The molecule has 1 aliphatic carbocycles. The van der Waals surface area contributed by atoms with Crippen molar-refractivity contribution in [2.45, 2.75) is 57.4 Å². The summed E-state index contributed by atoms with van der Waals surface area (Å²) in [5.41, 5.74) is 5.83. The van der Waals surface area contributed by atoms with Gasteiger partial charge in [0.15, 0.2) is 0 Å². The lowest BCUT2D eigenvalue weighted by Gasteiger charge is -2.39. The molecule has 0 aromatic heterocycles. The summed E-state index contributed by atoms with van der Waals surface area (Å²) in [4.78, 5) is 14.1. The van der Waals surface area contributed by atoms with Crippen molar-refractivity contribution in [2.75, 3.05) is 19.6 Å². The van der Waals surface area contributed by atoms with Crippen LogP contribution in [0.3, 0.4) is 0 Å². The van der Waals surface area contributed by atoms with E-state index < -0.39 is 0 Å². The highest BCUT2D eigenvalue weighted by Crippen LogP contribution is 2.19. The second kappa shape index (κ2) is 5.99.